The molecule has 0 heterocycles. The van der Waals surface area contributed by atoms with Crippen molar-refractivity contribution in [2.45, 2.75) is 26.6 Å². The Morgan fingerprint density at radius 3 is 1.64 bits per heavy atom. The van der Waals surface area contributed by atoms with Gasteiger partial charge in [-0.15, -0.1) is 0 Å². The SMILES string of the molecule is CCOP(=O)(Cc1ccc(-c2ccc(CN(C)C)cc2)cc1)OCC. The van der Waals surface area contributed by atoms with E-state index in [1.807, 2.05) is 26.0 Å². The predicted molar refractivity (Wildman–Crippen MR) is 104 cm³/mol. The molecule has 0 aromatic heterocycles. The highest BCUT2D eigenvalue weighted by atomic mass is 31.2. The summed E-state index contributed by atoms with van der Waals surface area (Å²) in [6, 6.07) is 16.7. The topological polar surface area (TPSA) is 38.8 Å². The third-order valence-corrected chi connectivity index (χ3v) is 5.82. The van der Waals surface area contributed by atoms with Gasteiger partial charge in [0.1, 0.15) is 0 Å². The van der Waals surface area contributed by atoms with E-state index in [1.54, 1.807) is 0 Å². The Balaban J connectivity index is 2.10. The number of nitrogens with zero attached hydrogens (tertiary/aromatic N) is 1. The second kappa shape index (κ2) is 9.30. The molecular weight excluding hydrogens is 333 g/mol. The zero-order valence-corrected chi connectivity index (χ0v) is 16.5. The van der Waals surface area contributed by atoms with Crippen molar-refractivity contribution in [1.82, 2.24) is 4.90 Å². The van der Waals surface area contributed by atoms with E-state index in [4.69, 9.17) is 9.05 Å². The summed E-state index contributed by atoms with van der Waals surface area (Å²) in [5, 5.41) is 0. The van der Waals surface area contributed by atoms with Crippen LogP contribution in [0.15, 0.2) is 48.5 Å². The van der Waals surface area contributed by atoms with Crippen LogP contribution in [0.5, 0.6) is 0 Å². The van der Waals surface area contributed by atoms with Gasteiger partial charge in [0.05, 0.1) is 19.4 Å². The molecule has 0 amide bonds. The summed E-state index contributed by atoms with van der Waals surface area (Å²) < 4.78 is 23.3. The molecule has 2 aromatic carbocycles. The fraction of sp³-hybridized carbons (Fsp3) is 0.400. The van der Waals surface area contributed by atoms with E-state index < -0.39 is 7.60 Å². The molecule has 4 nitrogen and oxygen atoms in total. The molecule has 0 spiro atoms. The number of rotatable bonds is 9. The maximum absolute atomic E-state index is 12.6. The molecule has 0 fully saturated rings. The summed E-state index contributed by atoms with van der Waals surface area (Å²) in [7, 11) is 1.08. The second-order valence-corrected chi connectivity index (χ2v) is 8.29. The minimum absolute atomic E-state index is 0.302. The van der Waals surface area contributed by atoms with Gasteiger partial charge < -0.3 is 13.9 Å². The molecule has 0 aliphatic rings. The summed E-state index contributed by atoms with van der Waals surface area (Å²) in [6.07, 6.45) is 0.302. The monoisotopic (exact) mass is 361 g/mol. The van der Waals surface area contributed by atoms with Gasteiger partial charge >= 0.3 is 7.60 Å². The van der Waals surface area contributed by atoms with Gasteiger partial charge in [-0.25, -0.2) is 0 Å². The molecule has 0 saturated carbocycles. The van der Waals surface area contributed by atoms with E-state index in [2.05, 4.69) is 55.4 Å². The fourth-order valence-electron chi connectivity index (χ4n) is 2.72. The number of hydrogen-bond donors (Lipinski definition) is 0. The Morgan fingerprint density at radius 1 is 0.800 bits per heavy atom. The average Bonchev–Trinajstić information content (AvgIpc) is 2.56. The lowest BCUT2D eigenvalue weighted by molar-refractivity contribution is 0.219. The Morgan fingerprint density at radius 2 is 1.24 bits per heavy atom. The maximum Gasteiger partial charge on any atom is 0.335 e. The first-order chi connectivity index (χ1) is 12.0. The van der Waals surface area contributed by atoms with Crippen molar-refractivity contribution in [3.63, 3.8) is 0 Å². The molecule has 0 unspecified atom stereocenters. The summed E-state index contributed by atoms with van der Waals surface area (Å²) in [4.78, 5) is 2.15. The van der Waals surface area contributed by atoms with Crippen LogP contribution < -0.4 is 0 Å². The van der Waals surface area contributed by atoms with Gasteiger partial charge in [-0.3, -0.25) is 4.57 Å². The summed E-state index contributed by atoms with van der Waals surface area (Å²) in [6.45, 7) is 5.36. The first kappa shape index (κ1) is 19.9. The lowest BCUT2D eigenvalue weighted by atomic mass is 10.0. The van der Waals surface area contributed by atoms with Gasteiger partial charge in [-0.1, -0.05) is 48.5 Å². The van der Waals surface area contributed by atoms with Crippen LogP contribution >= 0.6 is 7.60 Å². The molecule has 2 rings (SSSR count). The third-order valence-electron chi connectivity index (χ3n) is 3.77. The van der Waals surface area contributed by atoms with Crippen molar-refractivity contribution < 1.29 is 13.6 Å². The van der Waals surface area contributed by atoms with Crippen LogP contribution in [0.25, 0.3) is 11.1 Å². The van der Waals surface area contributed by atoms with Crippen LogP contribution in [0.1, 0.15) is 25.0 Å². The molecule has 0 saturated heterocycles. The van der Waals surface area contributed by atoms with Crippen molar-refractivity contribution in [2.75, 3.05) is 27.3 Å². The van der Waals surface area contributed by atoms with Crippen LogP contribution in [-0.2, 0) is 26.3 Å². The first-order valence-corrected chi connectivity index (χ1v) is 10.4. The van der Waals surface area contributed by atoms with E-state index in [9.17, 15) is 4.57 Å². The van der Waals surface area contributed by atoms with E-state index in [-0.39, 0.29) is 0 Å². The highest BCUT2D eigenvalue weighted by Crippen LogP contribution is 2.51. The van der Waals surface area contributed by atoms with Crippen LogP contribution in [0.4, 0.5) is 0 Å². The highest BCUT2D eigenvalue weighted by Gasteiger charge is 2.23. The molecule has 0 bridgehead atoms. The van der Waals surface area contributed by atoms with E-state index in [0.29, 0.717) is 19.4 Å². The van der Waals surface area contributed by atoms with Gasteiger partial charge in [-0.2, -0.15) is 0 Å². The zero-order valence-electron chi connectivity index (χ0n) is 15.6. The van der Waals surface area contributed by atoms with Crippen molar-refractivity contribution in [3.8, 4) is 11.1 Å². The lowest BCUT2D eigenvalue weighted by Gasteiger charge is -2.17. The Kier molecular flexibility index (Phi) is 7.39. The van der Waals surface area contributed by atoms with Crippen LogP contribution in [-0.4, -0.2) is 32.2 Å². The molecule has 0 radical (unpaired) electrons. The van der Waals surface area contributed by atoms with Crippen molar-refractivity contribution in [2.24, 2.45) is 0 Å². The quantitative estimate of drug-likeness (QED) is 0.577. The molecule has 0 aliphatic carbocycles. The van der Waals surface area contributed by atoms with E-state index >= 15 is 0 Å². The smallest absolute Gasteiger partial charge is 0.309 e. The molecule has 25 heavy (non-hydrogen) atoms. The minimum atomic E-state index is -3.05. The minimum Gasteiger partial charge on any atom is -0.309 e. The van der Waals surface area contributed by atoms with Crippen molar-refractivity contribution in [1.29, 1.82) is 0 Å². The lowest BCUT2D eigenvalue weighted by Crippen LogP contribution is -2.10. The average molecular weight is 361 g/mol. The van der Waals surface area contributed by atoms with Crippen LogP contribution in [0.2, 0.25) is 0 Å². The third kappa shape index (κ3) is 6.09. The van der Waals surface area contributed by atoms with E-state index in [0.717, 1.165) is 17.7 Å². The second-order valence-electron chi connectivity index (χ2n) is 6.24. The number of benzene rings is 2. The highest BCUT2D eigenvalue weighted by molar-refractivity contribution is 7.53. The Labute approximate surface area is 151 Å². The van der Waals surface area contributed by atoms with Crippen LogP contribution in [0.3, 0.4) is 0 Å². The largest absolute Gasteiger partial charge is 0.335 e. The summed E-state index contributed by atoms with van der Waals surface area (Å²) >= 11 is 0. The van der Waals surface area contributed by atoms with Crippen molar-refractivity contribution in [3.05, 3.63) is 59.7 Å². The normalized spacial score (nSPS) is 11.9. The zero-order chi connectivity index (χ0) is 18.3. The molecule has 0 aliphatic heterocycles. The molecular formula is C20H28NO3P. The first-order valence-electron chi connectivity index (χ1n) is 8.67. The Bertz CT molecular complexity index is 686. The van der Waals surface area contributed by atoms with Gasteiger partial charge in [-0.05, 0) is 50.2 Å². The van der Waals surface area contributed by atoms with Crippen molar-refractivity contribution >= 4 is 7.60 Å². The predicted octanol–water partition coefficient (Wildman–Crippen LogP) is 5.18. The summed E-state index contributed by atoms with van der Waals surface area (Å²) in [5.74, 6) is 0. The molecule has 136 valence electrons. The molecule has 2 aromatic rings. The molecule has 0 atom stereocenters. The van der Waals surface area contributed by atoms with Crippen LogP contribution in [0, 0.1) is 0 Å². The van der Waals surface area contributed by atoms with E-state index in [1.165, 1.54) is 11.1 Å². The van der Waals surface area contributed by atoms with Gasteiger partial charge in [0.25, 0.3) is 0 Å². The summed E-state index contributed by atoms with van der Waals surface area (Å²) in [5.41, 5.74) is 4.56. The van der Waals surface area contributed by atoms with Gasteiger partial charge in [0, 0.05) is 6.54 Å². The maximum atomic E-state index is 12.6. The fourth-order valence-corrected chi connectivity index (χ4v) is 4.42. The number of hydrogen-bond acceptors (Lipinski definition) is 4. The molecule has 5 heteroatoms. The Hall–Kier alpha value is -1.45. The van der Waals surface area contributed by atoms with Gasteiger partial charge in [0.15, 0.2) is 0 Å². The van der Waals surface area contributed by atoms with Gasteiger partial charge in [0.2, 0.25) is 0 Å². The molecule has 0 N–H and O–H groups in total. The standard InChI is InChI=1S/C20H28NO3P/c1-5-23-25(22,24-6-2)16-18-9-13-20(14-10-18)19-11-7-17(8-12-19)15-21(3)4/h7-14H,5-6,15-16H2,1-4H3.